The number of aliphatic hydroxyl groups is 1. The molecule has 19 heavy (non-hydrogen) atoms. The van der Waals surface area contributed by atoms with Crippen LogP contribution in [0.4, 0.5) is 0 Å². The minimum Gasteiger partial charge on any atom is -0.507 e. The van der Waals surface area contributed by atoms with E-state index in [1.54, 1.807) is 19.1 Å². The Balaban J connectivity index is 2.32. The fraction of sp³-hybridized carbons (Fsp3) is 0.500. The Bertz CT molecular complexity index is 545. The van der Waals surface area contributed by atoms with Crippen LogP contribution in [0.15, 0.2) is 29.2 Å². The lowest BCUT2D eigenvalue weighted by molar-refractivity contribution is -0.0750. The van der Waals surface area contributed by atoms with Gasteiger partial charge in [-0.15, -0.1) is 0 Å². The summed E-state index contributed by atoms with van der Waals surface area (Å²) < 4.78 is 31.5. The van der Waals surface area contributed by atoms with E-state index in [9.17, 15) is 13.5 Å². The first-order valence-electron chi connectivity index (χ1n) is 5.99. The van der Waals surface area contributed by atoms with Gasteiger partial charge in [0.15, 0.2) is 0 Å². The van der Waals surface area contributed by atoms with E-state index in [2.05, 4.69) is 0 Å². The fourth-order valence-electron chi connectivity index (χ4n) is 2.11. The van der Waals surface area contributed by atoms with Crippen LogP contribution < -0.4 is 0 Å². The van der Waals surface area contributed by atoms with Gasteiger partial charge >= 0.3 is 0 Å². The van der Waals surface area contributed by atoms with Crippen molar-refractivity contribution in [3.63, 3.8) is 0 Å². The van der Waals surface area contributed by atoms with Gasteiger partial charge in [0.25, 0.3) is 0 Å². The number of hydrogen-bond acceptors (Lipinski definition) is 5. The molecule has 0 saturated carbocycles. The molecule has 7 heteroatoms. The fourth-order valence-corrected chi connectivity index (χ4v) is 3.74. The molecule has 0 spiro atoms. The maximum Gasteiger partial charge on any atom is 0.246 e. The number of aromatic hydroxyl groups is 1. The highest BCUT2D eigenvalue weighted by molar-refractivity contribution is 7.89. The second-order valence-corrected chi connectivity index (χ2v) is 6.45. The van der Waals surface area contributed by atoms with Crippen molar-refractivity contribution in [2.45, 2.75) is 24.0 Å². The SMILES string of the molecule is CC1CN(S(=O)(=O)c2ccccc2O)CC(CO)O1. The smallest absolute Gasteiger partial charge is 0.246 e. The lowest BCUT2D eigenvalue weighted by Crippen LogP contribution is -2.50. The van der Waals surface area contributed by atoms with Gasteiger partial charge < -0.3 is 14.9 Å². The third-order valence-corrected chi connectivity index (χ3v) is 4.86. The van der Waals surface area contributed by atoms with E-state index in [1.165, 1.54) is 16.4 Å². The second-order valence-electron chi connectivity index (χ2n) is 4.54. The molecule has 2 N–H and O–H groups in total. The molecule has 1 heterocycles. The summed E-state index contributed by atoms with van der Waals surface area (Å²) in [6.45, 7) is 1.79. The molecular formula is C12H17NO5S. The number of morpholine rings is 1. The Morgan fingerprint density at radius 3 is 2.68 bits per heavy atom. The molecule has 1 aromatic carbocycles. The summed E-state index contributed by atoms with van der Waals surface area (Å²) in [6.07, 6.45) is -0.837. The first kappa shape index (κ1) is 14.3. The number of phenolic OH excluding ortho intramolecular Hbond substituents is 1. The third-order valence-electron chi connectivity index (χ3n) is 2.98. The van der Waals surface area contributed by atoms with E-state index >= 15 is 0 Å². The van der Waals surface area contributed by atoms with Crippen molar-refractivity contribution in [1.29, 1.82) is 0 Å². The van der Waals surface area contributed by atoms with Crippen LogP contribution in [-0.2, 0) is 14.8 Å². The highest BCUT2D eigenvalue weighted by Gasteiger charge is 2.34. The number of rotatable bonds is 3. The molecule has 1 saturated heterocycles. The van der Waals surface area contributed by atoms with Crippen LogP contribution in [0.3, 0.4) is 0 Å². The van der Waals surface area contributed by atoms with Gasteiger partial charge in [-0.2, -0.15) is 4.31 Å². The average Bonchev–Trinajstić information content (AvgIpc) is 2.38. The van der Waals surface area contributed by atoms with E-state index in [-0.39, 0.29) is 36.4 Å². The molecule has 1 aromatic rings. The van der Waals surface area contributed by atoms with Gasteiger partial charge in [0.2, 0.25) is 10.0 Å². The molecule has 0 radical (unpaired) electrons. The summed E-state index contributed by atoms with van der Waals surface area (Å²) in [6, 6.07) is 5.81. The molecule has 2 rings (SSSR count). The Labute approximate surface area is 112 Å². The quantitative estimate of drug-likeness (QED) is 0.827. The van der Waals surface area contributed by atoms with E-state index in [4.69, 9.17) is 9.84 Å². The standard InChI is InChI=1S/C12H17NO5S/c1-9-6-13(7-10(8-14)18-9)19(16,17)12-5-3-2-4-11(12)15/h2-5,9-10,14-15H,6-8H2,1H3. The van der Waals surface area contributed by atoms with Crippen molar-refractivity contribution >= 4 is 10.0 Å². The minimum atomic E-state index is -3.78. The van der Waals surface area contributed by atoms with Crippen LogP contribution in [0.1, 0.15) is 6.92 Å². The molecule has 2 atom stereocenters. The number of nitrogens with zero attached hydrogens (tertiary/aromatic N) is 1. The summed E-state index contributed by atoms with van der Waals surface area (Å²) in [5.41, 5.74) is 0. The van der Waals surface area contributed by atoms with Gasteiger partial charge in [-0.05, 0) is 19.1 Å². The van der Waals surface area contributed by atoms with Crippen molar-refractivity contribution < 1.29 is 23.4 Å². The second kappa shape index (κ2) is 5.46. The van der Waals surface area contributed by atoms with Gasteiger partial charge in [-0.3, -0.25) is 0 Å². The minimum absolute atomic E-state index is 0.0809. The topological polar surface area (TPSA) is 87.1 Å². The lowest BCUT2D eigenvalue weighted by atomic mass is 10.2. The van der Waals surface area contributed by atoms with Crippen molar-refractivity contribution in [3.05, 3.63) is 24.3 Å². The molecule has 0 aromatic heterocycles. The highest BCUT2D eigenvalue weighted by Crippen LogP contribution is 2.27. The van der Waals surface area contributed by atoms with Crippen molar-refractivity contribution in [1.82, 2.24) is 4.31 Å². The predicted octanol–water partition coefficient (Wildman–Crippen LogP) is 0.162. The monoisotopic (exact) mass is 287 g/mol. The number of ether oxygens (including phenoxy) is 1. The molecule has 1 aliphatic heterocycles. The summed E-state index contributed by atoms with van der Waals surface area (Å²) in [5, 5.41) is 18.8. The van der Waals surface area contributed by atoms with Gasteiger partial charge in [-0.25, -0.2) is 8.42 Å². The summed E-state index contributed by atoms with van der Waals surface area (Å²) in [5.74, 6) is -0.276. The number of aliphatic hydroxyl groups excluding tert-OH is 1. The molecular weight excluding hydrogens is 270 g/mol. The van der Waals surface area contributed by atoms with E-state index < -0.39 is 16.1 Å². The van der Waals surface area contributed by atoms with Crippen molar-refractivity contribution in [2.24, 2.45) is 0 Å². The Morgan fingerprint density at radius 1 is 1.37 bits per heavy atom. The van der Waals surface area contributed by atoms with E-state index in [0.29, 0.717) is 0 Å². The van der Waals surface area contributed by atoms with Crippen LogP contribution in [0.25, 0.3) is 0 Å². The molecule has 2 unspecified atom stereocenters. The maximum atomic E-state index is 12.4. The molecule has 0 bridgehead atoms. The predicted molar refractivity (Wildman–Crippen MR) is 68.3 cm³/mol. The largest absolute Gasteiger partial charge is 0.507 e. The van der Waals surface area contributed by atoms with Gasteiger partial charge in [0, 0.05) is 13.1 Å². The average molecular weight is 287 g/mol. The van der Waals surface area contributed by atoms with E-state index in [1.807, 2.05) is 0 Å². The van der Waals surface area contributed by atoms with Gasteiger partial charge in [-0.1, -0.05) is 12.1 Å². The number of sulfonamides is 1. The Hall–Kier alpha value is -1.15. The summed E-state index contributed by atoms with van der Waals surface area (Å²) in [7, 11) is -3.78. The maximum absolute atomic E-state index is 12.4. The Morgan fingerprint density at radius 2 is 2.05 bits per heavy atom. The summed E-state index contributed by atoms with van der Waals surface area (Å²) in [4.78, 5) is -0.124. The van der Waals surface area contributed by atoms with Crippen LogP contribution in [-0.4, -0.2) is 54.8 Å². The molecule has 0 aliphatic carbocycles. The number of para-hydroxylation sites is 1. The molecule has 1 fully saturated rings. The lowest BCUT2D eigenvalue weighted by Gasteiger charge is -2.35. The third kappa shape index (κ3) is 2.89. The molecule has 6 nitrogen and oxygen atoms in total. The zero-order chi connectivity index (χ0) is 14.0. The highest BCUT2D eigenvalue weighted by atomic mass is 32.2. The number of phenols is 1. The molecule has 106 valence electrons. The normalized spacial score (nSPS) is 25.4. The zero-order valence-corrected chi connectivity index (χ0v) is 11.4. The number of benzene rings is 1. The van der Waals surface area contributed by atoms with Gasteiger partial charge in [0.05, 0.1) is 18.8 Å². The first-order chi connectivity index (χ1) is 8.95. The van der Waals surface area contributed by atoms with Crippen LogP contribution in [0, 0.1) is 0 Å². The van der Waals surface area contributed by atoms with Crippen LogP contribution in [0.2, 0.25) is 0 Å². The zero-order valence-electron chi connectivity index (χ0n) is 10.6. The molecule has 1 aliphatic rings. The summed E-state index contributed by atoms with van der Waals surface area (Å²) >= 11 is 0. The number of hydrogen-bond donors (Lipinski definition) is 2. The van der Waals surface area contributed by atoms with E-state index in [0.717, 1.165) is 0 Å². The van der Waals surface area contributed by atoms with Gasteiger partial charge in [0.1, 0.15) is 10.6 Å². The van der Waals surface area contributed by atoms with Crippen molar-refractivity contribution in [2.75, 3.05) is 19.7 Å². The van der Waals surface area contributed by atoms with Crippen molar-refractivity contribution in [3.8, 4) is 5.75 Å². The van der Waals surface area contributed by atoms with Crippen LogP contribution >= 0.6 is 0 Å². The first-order valence-corrected chi connectivity index (χ1v) is 7.43. The molecule has 0 amide bonds. The Kier molecular flexibility index (Phi) is 4.10. The van der Waals surface area contributed by atoms with Crippen LogP contribution in [0.5, 0.6) is 5.75 Å².